The predicted octanol–water partition coefficient (Wildman–Crippen LogP) is 2.93. The van der Waals surface area contributed by atoms with Crippen LogP contribution < -0.4 is 0 Å². The molecule has 0 atom stereocenters. The summed E-state index contributed by atoms with van der Waals surface area (Å²) >= 11 is 0. The van der Waals surface area contributed by atoms with Crippen molar-refractivity contribution in [1.29, 1.82) is 0 Å². The molecule has 100 valence electrons. The minimum atomic E-state index is -4.63. The standard InChI is InChI=1S/C11H6F4N2O2/c12-7-2-1-5(3-6(7)9(18)19)8-4-16-10(17-8)11(13,14)15/h1-4H,(H,16,17)(H,18,19). The van der Waals surface area contributed by atoms with Gasteiger partial charge in [0.1, 0.15) is 5.82 Å². The third-order valence-corrected chi connectivity index (χ3v) is 2.35. The molecule has 4 nitrogen and oxygen atoms in total. The highest BCUT2D eigenvalue weighted by Crippen LogP contribution is 2.29. The van der Waals surface area contributed by atoms with Gasteiger partial charge >= 0.3 is 12.1 Å². The van der Waals surface area contributed by atoms with Gasteiger partial charge in [0.15, 0.2) is 0 Å². The quantitative estimate of drug-likeness (QED) is 0.827. The van der Waals surface area contributed by atoms with E-state index in [1.807, 2.05) is 4.98 Å². The van der Waals surface area contributed by atoms with E-state index in [0.29, 0.717) is 0 Å². The molecule has 2 N–H and O–H groups in total. The summed E-state index contributed by atoms with van der Waals surface area (Å²) in [6.07, 6.45) is -3.73. The van der Waals surface area contributed by atoms with Crippen LogP contribution in [0.1, 0.15) is 16.2 Å². The summed E-state index contributed by atoms with van der Waals surface area (Å²) in [6, 6.07) is 2.97. The average molecular weight is 274 g/mol. The normalized spacial score (nSPS) is 11.6. The Morgan fingerprint density at radius 2 is 2.00 bits per heavy atom. The fourth-order valence-electron chi connectivity index (χ4n) is 1.47. The first-order chi connectivity index (χ1) is 8.79. The van der Waals surface area contributed by atoms with E-state index in [9.17, 15) is 22.4 Å². The molecule has 0 aliphatic carbocycles. The van der Waals surface area contributed by atoms with Crippen molar-refractivity contribution >= 4 is 5.97 Å². The van der Waals surface area contributed by atoms with Crippen molar-refractivity contribution in [3.8, 4) is 11.3 Å². The van der Waals surface area contributed by atoms with E-state index >= 15 is 0 Å². The number of halogens is 4. The van der Waals surface area contributed by atoms with E-state index in [-0.39, 0.29) is 11.3 Å². The maximum Gasteiger partial charge on any atom is 0.449 e. The first kappa shape index (κ1) is 13.1. The molecular weight excluding hydrogens is 268 g/mol. The van der Waals surface area contributed by atoms with Gasteiger partial charge in [-0.25, -0.2) is 14.2 Å². The Labute approximate surface area is 103 Å². The highest BCUT2D eigenvalue weighted by Gasteiger charge is 2.34. The maximum atomic E-state index is 13.1. The van der Waals surface area contributed by atoms with Crippen LogP contribution >= 0.6 is 0 Å². The summed E-state index contributed by atoms with van der Waals surface area (Å²) in [7, 11) is 0. The molecule has 2 rings (SSSR count). The SMILES string of the molecule is O=C(O)c1cc(-c2cnc(C(F)(F)F)[nH]2)ccc1F. The molecule has 2 aromatic rings. The number of H-pyrrole nitrogens is 1. The van der Waals surface area contributed by atoms with Crippen molar-refractivity contribution in [1.82, 2.24) is 9.97 Å². The van der Waals surface area contributed by atoms with Crippen molar-refractivity contribution < 1.29 is 27.5 Å². The van der Waals surface area contributed by atoms with Crippen LogP contribution in [0.3, 0.4) is 0 Å². The average Bonchev–Trinajstić information content (AvgIpc) is 2.78. The number of nitrogens with zero attached hydrogens (tertiary/aromatic N) is 1. The van der Waals surface area contributed by atoms with E-state index in [4.69, 9.17) is 5.11 Å². The van der Waals surface area contributed by atoms with Crippen LogP contribution in [0.2, 0.25) is 0 Å². The molecule has 0 fully saturated rings. The smallest absolute Gasteiger partial charge is 0.449 e. The second-order valence-corrected chi connectivity index (χ2v) is 3.64. The lowest BCUT2D eigenvalue weighted by Crippen LogP contribution is -2.07. The van der Waals surface area contributed by atoms with E-state index in [1.165, 1.54) is 0 Å². The maximum absolute atomic E-state index is 13.1. The molecule has 0 saturated carbocycles. The summed E-state index contributed by atoms with van der Waals surface area (Å²) in [5.74, 6) is -3.68. The molecule has 0 saturated heterocycles. The van der Waals surface area contributed by atoms with Gasteiger partial charge in [0.05, 0.1) is 17.5 Å². The first-order valence-electron chi connectivity index (χ1n) is 4.94. The number of aromatic amines is 1. The lowest BCUT2D eigenvalue weighted by Gasteiger charge is -2.03. The van der Waals surface area contributed by atoms with Crippen molar-refractivity contribution in [3.63, 3.8) is 0 Å². The highest BCUT2D eigenvalue weighted by molar-refractivity contribution is 5.89. The number of hydrogen-bond donors (Lipinski definition) is 2. The Balaban J connectivity index is 2.45. The van der Waals surface area contributed by atoms with Gasteiger partial charge in [-0.2, -0.15) is 13.2 Å². The second-order valence-electron chi connectivity index (χ2n) is 3.64. The van der Waals surface area contributed by atoms with Crippen LogP contribution in [0.5, 0.6) is 0 Å². The van der Waals surface area contributed by atoms with E-state index in [2.05, 4.69) is 4.98 Å². The van der Waals surface area contributed by atoms with Crippen LogP contribution in [0.25, 0.3) is 11.3 Å². The third kappa shape index (κ3) is 2.56. The van der Waals surface area contributed by atoms with Crippen LogP contribution in [0.15, 0.2) is 24.4 Å². The number of carboxylic acid groups (broad SMARTS) is 1. The molecule has 0 spiro atoms. The van der Waals surface area contributed by atoms with E-state index in [0.717, 1.165) is 24.4 Å². The number of alkyl halides is 3. The number of imidazole rings is 1. The lowest BCUT2D eigenvalue weighted by atomic mass is 10.1. The summed E-state index contributed by atoms with van der Waals surface area (Å²) in [5, 5.41) is 8.73. The molecule has 19 heavy (non-hydrogen) atoms. The monoisotopic (exact) mass is 274 g/mol. The van der Waals surface area contributed by atoms with Crippen LogP contribution in [0.4, 0.5) is 17.6 Å². The number of benzene rings is 1. The van der Waals surface area contributed by atoms with Crippen molar-refractivity contribution in [2.45, 2.75) is 6.18 Å². The third-order valence-electron chi connectivity index (χ3n) is 2.35. The number of hydrogen-bond acceptors (Lipinski definition) is 2. The number of aromatic nitrogens is 2. The van der Waals surface area contributed by atoms with Gasteiger partial charge in [0, 0.05) is 5.56 Å². The molecule has 8 heteroatoms. The van der Waals surface area contributed by atoms with Crippen LogP contribution in [0, 0.1) is 5.82 Å². The molecular formula is C11H6F4N2O2. The topological polar surface area (TPSA) is 66.0 Å². The molecule has 0 amide bonds. The Kier molecular flexibility index (Phi) is 3.01. The Bertz CT molecular complexity index is 634. The number of carboxylic acids is 1. The zero-order chi connectivity index (χ0) is 14.2. The zero-order valence-corrected chi connectivity index (χ0v) is 9.12. The van der Waals surface area contributed by atoms with E-state index < -0.39 is 29.4 Å². The fraction of sp³-hybridized carbons (Fsp3) is 0.0909. The molecule has 0 radical (unpaired) electrons. The number of carbonyl (C=O) groups is 1. The molecule has 0 bridgehead atoms. The van der Waals surface area contributed by atoms with Crippen molar-refractivity contribution in [2.75, 3.05) is 0 Å². The second kappa shape index (κ2) is 4.38. The summed E-state index contributed by atoms with van der Waals surface area (Å²) < 4.78 is 50.2. The van der Waals surface area contributed by atoms with E-state index in [1.54, 1.807) is 0 Å². The van der Waals surface area contributed by atoms with Gasteiger partial charge in [0.2, 0.25) is 5.82 Å². The van der Waals surface area contributed by atoms with Gasteiger partial charge in [-0.05, 0) is 18.2 Å². The van der Waals surface area contributed by atoms with Crippen LogP contribution in [-0.4, -0.2) is 21.0 Å². The predicted molar refractivity (Wildman–Crippen MR) is 55.9 cm³/mol. The Morgan fingerprint density at radius 3 is 2.53 bits per heavy atom. The number of rotatable bonds is 2. The Morgan fingerprint density at radius 1 is 1.32 bits per heavy atom. The summed E-state index contributed by atoms with van der Waals surface area (Å²) in [5.41, 5.74) is -0.572. The van der Waals surface area contributed by atoms with Crippen LogP contribution in [-0.2, 0) is 6.18 Å². The number of aromatic carboxylic acids is 1. The first-order valence-corrected chi connectivity index (χ1v) is 4.94. The minimum absolute atomic E-state index is 0.0465. The Hall–Kier alpha value is -2.38. The zero-order valence-electron chi connectivity index (χ0n) is 9.12. The highest BCUT2D eigenvalue weighted by atomic mass is 19.4. The summed E-state index contributed by atoms with van der Waals surface area (Å²) in [6.45, 7) is 0. The fourth-order valence-corrected chi connectivity index (χ4v) is 1.47. The molecule has 1 aromatic carbocycles. The molecule has 1 aromatic heterocycles. The molecule has 0 aliphatic rings. The van der Waals surface area contributed by atoms with Gasteiger partial charge < -0.3 is 10.1 Å². The molecule has 0 unspecified atom stereocenters. The van der Waals surface area contributed by atoms with Gasteiger partial charge in [-0.3, -0.25) is 0 Å². The number of nitrogens with one attached hydrogen (secondary N) is 1. The minimum Gasteiger partial charge on any atom is -0.478 e. The molecule has 0 aliphatic heterocycles. The summed E-state index contributed by atoms with van der Waals surface area (Å²) in [4.78, 5) is 15.9. The van der Waals surface area contributed by atoms with Gasteiger partial charge in [-0.1, -0.05) is 0 Å². The van der Waals surface area contributed by atoms with Crippen molar-refractivity contribution in [3.05, 3.63) is 41.6 Å². The molecule has 1 heterocycles. The van der Waals surface area contributed by atoms with Crippen molar-refractivity contribution in [2.24, 2.45) is 0 Å². The lowest BCUT2D eigenvalue weighted by molar-refractivity contribution is -0.144. The van der Waals surface area contributed by atoms with Gasteiger partial charge in [0.25, 0.3) is 0 Å². The largest absolute Gasteiger partial charge is 0.478 e. The van der Waals surface area contributed by atoms with Gasteiger partial charge in [-0.15, -0.1) is 0 Å².